The summed E-state index contributed by atoms with van der Waals surface area (Å²) < 4.78 is 0. The van der Waals surface area contributed by atoms with Gasteiger partial charge < -0.3 is 5.32 Å². The molecule has 0 amide bonds. The average Bonchev–Trinajstić information content (AvgIpc) is 2.24. The van der Waals surface area contributed by atoms with Gasteiger partial charge in [-0.2, -0.15) is 10.2 Å². The fraction of sp³-hybridized carbons (Fsp3) is 0.615. The molecule has 2 N–H and O–H groups in total. The first kappa shape index (κ1) is 14.2. The van der Waals surface area contributed by atoms with Crippen LogP contribution >= 0.6 is 0 Å². The van der Waals surface area contributed by atoms with Crippen LogP contribution in [0.25, 0.3) is 0 Å². The molecule has 0 spiro atoms. The minimum atomic E-state index is -0.509. The normalized spacial score (nSPS) is 12.0. The Labute approximate surface area is 107 Å². The molecule has 5 nitrogen and oxygen atoms in total. The zero-order valence-corrected chi connectivity index (χ0v) is 11.6. The molecule has 0 aliphatic carbocycles. The molecule has 1 aromatic rings. The fourth-order valence-electron chi connectivity index (χ4n) is 1.19. The lowest BCUT2D eigenvalue weighted by Crippen LogP contribution is -2.36. The Morgan fingerprint density at radius 1 is 1.39 bits per heavy atom. The quantitative estimate of drug-likeness (QED) is 0.858. The Kier molecular flexibility index (Phi) is 3.80. The molecular weight excluding hydrogens is 228 g/mol. The third-order valence-corrected chi connectivity index (χ3v) is 3.61. The van der Waals surface area contributed by atoms with Gasteiger partial charge in [0.15, 0.2) is 0 Å². The second-order valence-electron chi connectivity index (χ2n) is 6.08. The number of H-pyrrole nitrogens is 1. The number of aromatic nitrogens is 2. The lowest BCUT2D eigenvalue weighted by molar-refractivity contribution is 0.148. The summed E-state index contributed by atoms with van der Waals surface area (Å²) >= 11 is 0. The molecule has 0 radical (unpaired) electrons. The van der Waals surface area contributed by atoms with E-state index in [1.54, 1.807) is 6.07 Å². The number of nitriles is 1. The third kappa shape index (κ3) is 3.33. The van der Waals surface area contributed by atoms with Gasteiger partial charge in [-0.3, -0.25) is 4.98 Å². The van der Waals surface area contributed by atoms with Crippen molar-refractivity contribution in [2.75, 3.05) is 11.9 Å². The SMILES string of the molecule is CC(C)(C)C(C)(C)CNc1cc(C#N)[nH]c(=O)n1. The molecule has 5 heteroatoms. The monoisotopic (exact) mass is 248 g/mol. The van der Waals surface area contributed by atoms with E-state index in [0.717, 1.165) is 0 Å². The number of nitrogens with one attached hydrogen (secondary N) is 2. The van der Waals surface area contributed by atoms with E-state index in [9.17, 15) is 4.79 Å². The van der Waals surface area contributed by atoms with E-state index in [1.165, 1.54) is 0 Å². The maximum Gasteiger partial charge on any atom is 0.347 e. The molecule has 0 aromatic carbocycles. The molecule has 1 aromatic heterocycles. The Hall–Kier alpha value is -1.83. The summed E-state index contributed by atoms with van der Waals surface area (Å²) in [5.41, 5.74) is -0.139. The van der Waals surface area contributed by atoms with E-state index in [2.05, 4.69) is 49.9 Å². The predicted octanol–water partition coefficient (Wildman–Crippen LogP) is 2.13. The van der Waals surface area contributed by atoms with Crippen LogP contribution in [-0.2, 0) is 0 Å². The second-order valence-corrected chi connectivity index (χ2v) is 6.08. The van der Waals surface area contributed by atoms with Crippen LogP contribution in [0.4, 0.5) is 5.82 Å². The van der Waals surface area contributed by atoms with Gasteiger partial charge in [0, 0.05) is 12.6 Å². The van der Waals surface area contributed by atoms with Crippen LogP contribution in [0.3, 0.4) is 0 Å². The number of hydrogen-bond donors (Lipinski definition) is 2. The molecule has 98 valence electrons. The molecule has 0 unspecified atom stereocenters. The maximum absolute atomic E-state index is 11.2. The van der Waals surface area contributed by atoms with Crippen LogP contribution in [0.15, 0.2) is 10.9 Å². The second kappa shape index (κ2) is 4.81. The minimum absolute atomic E-state index is 0.0318. The highest BCUT2D eigenvalue weighted by Gasteiger charge is 2.32. The van der Waals surface area contributed by atoms with E-state index in [-0.39, 0.29) is 16.5 Å². The summed E-state index contributed by atoms with van der Waals surface area (Å²) in [6.45, 7) is 11.5. The van der Waals surface area contributed by atoms with Gasteiger partial charge in [0.1, 0.15) is 17.6 Å². The fourth-order valence-corrected chi connectivity index (χ4v) is 1.19. The first-order valence-electron chi connectivity index (χ1n) is 5.91. The Bertz CT molecular complexity index is 517. The van der Waals surface area contributed by atoms with E-state index < -0.39 is 5.69 Å². The van der Waals surface area contributed by atoms with Gasteiger partial charge >= 0.3 is 5.69 Å². The molecule has 0 bridgehead atoms. The third-order valence-electron chi connectivity index (χ3n) is 3.61. The number of hydrogen-bond acceptors (Lipinski definition) is 4. The van der Waals surface area contributed by atoms with Crippen molar-refractivity contribution in [2.45, 2.75) is 34.6 Å². The first-order valence-corrected chi connectivity index (χ1v) is 5.91. The molecule has 0 aliphatic heterocycles. The average molecular weight is 248 g/mol. The van der Waals surface area contributed by atoms with Gasteiger partial charge in [-0.15, -0.1) is 0 Å². The Morgan fingerprint density at radius 2 is 2.00 bits per heavy atom. The van der Waals surface area contributed by atoms with Gasteiger partial charge in [0.25, 0.3) is 0 Å². The van der Waals surface area contributed by atoms with Crippen molar-refractivity contribution in [2.24, 2.45) is 10.8 Å². The lowest BCUT2D eigenvalue weighted by Gasteiger charge is -2.39. The summed E-state index contributed by atoms with van der Waals surface area (Å²) in [4.78, 5) is 17.4. The summed E-state index contributed by atoms with van der Waals surface area (Å²) in [5, 5.41) is 11.9. The summed E-state index contributed by atoms with van der Waals surface area (Å²) in [6, 6.07) is 3.44. The van der Waals surface area contributed by atoms with E-state index in [4.69, 9.17) is 5.26 Å². The number of rotatable bonds is 3. The molecule has 0 fully saturated rings. The molecule has 18 heavy (non-hydrogen) atoms. The topological polar surface area (TPSA) is 81.6 Å². The van der Waals surface area contributed by atoms with Crippen molar-refractivity contribution >= 4 is 5.82 Å². The zero-order valence-electron chi connectivity index (χ0n) is 11.6. The highest BCUT2D eigenvalue weighted by Crippen LogP contribution is 2.37. The number of anilines is 1. The predicted molar refractivity (Wildman–Crippen MR) is 71.3 cm³/mol. The molecule has 0 atom stereocenters. The molecule has 0 saturated heterocycles. The van der Waals surface area contributed by atoms with Crippen molar-refractivity contribution in [3.8, 4) is 6.07 Å². The van der Waals surface area contributed by atoms with Crippen LogP contribution in [0, 0.1) is 22.2 Å². The van der Waals surface area contributed by atoms with E-state index in [1.807, 2.05) is 6.07 Å². The molecule has 1 rings (SSSR count). The Morgan fingerprint density at radius 3 is 2.50 bits per heavy atom. The smallest absolute Gasteiger partial charge is 0.347 e. The highest BCUT2D eigenvalue weighted by molar-refractivity contribution is 5.38. The van der Waals surface area contributed by atoms with Gasteiger partial charge in [-0.1, -0.05) is 34.6 Å². The van der Waals surface area contributed by atoms with Crippen molar-refractivity contribution in [3.63, 3.8) is 0 Å². The summed E-state index contributed by atoms with van der Waals surface area (Å²) in [6.07, 6.45) is 0. The summed E-state index contributed by atoms with van der Waals surface area (Å²) in [7, 11) is 0. The van der Waals surface area contributed by atoms with E-state index >= 15 is 0 Å². The molecule has 1 heterocycles. The number of aromatic amines is 1. The van der Waals surface area contributed by atoms with Crippen LogP contribution in [-0.4, -0.2) is 16.5 Å². The molecule has 0 aliphatic rings. The maximum atomic E-state index is 11.2. The largest absolute Gasteiger partial charge is 0.369 e. The van der Waals surface area contributed by atoms with Gasteiger partial charge in [0.2, 0.25) is 0 Å². The minimum Gasteiger partial charge on any atom is -0.369 e. The number of nitrogens with zero attached hydrogens (tertiary/aromatic N) is 2. The van der Waals surface area contributed by atoms with Gasteiger partial charge in [-0.25, -0.2) is 4.79 Å². The van der Waals surface area contributed by atoms with Crippen molar-refractivity contribution in [1.82, 2.24) is 9.97 Å². The van der Waals surface area contributed by atoms with Gasteiger partial charge in [0.05, 0.1) is 0 Å². The molecule has 0 saturated carbocycles. The Balaban J connectivity index is 2.85. The lowest BCUT2D eigenvalue weighted by atomic mass is 9.69. The summed E-state index contributed by atoms with van der Waals surface area (Å²) in [5.74, 6) is 0.438. The van der Waals surface area contributed by atoms with Gasteiger partial charge in [-0.05, 0) is 10.8 Å². The van der Waals surface area contributed by atoms with Crippen molar-refractivity contribution in [3.05, 3.63) is 22.2 Å². The zero-order chi connectivity index (χ0) is 14.0. The van der Waals surface area contributed by atoms with Crippen LogP contribution < -0.4 is 11.0 Å². The first-order chi connectivity index (χ1) is 8.15. The van der Waals surface area contributed by atoms with Crippen LogP contribution in [0.2, 0.25) is 0 Å². The van der Waals surface area contributed by atoms with Crippen LogP contribution in [0.1, 0.15) is 40.3 Å². The van der Waals surface area contributed by atoms with Crippen molar-refractivity contribution < 1.29 is 0 Å². The van der Waals surface area contributed by atoms with Crippen LogP contribution in [0.5, 0.6) is 0 Å². The standard InChI is InChI=1S/C13H20N4O/c1-12(2,3)13(4,5)8-15-10-6-9(7-14)16-11(18)17-10/h6H,8H2,1-5H3,(H2,15,16,17,18). The molecular formula is C13H20N4O. The van der Waals surface area contributed by atoms with E-state index in [0.29, 0.717) is 12.4 Å². The van der Waals surface area contributed by atoms with Crippen molar-refractivity contribution in [1.29, 1.82) is 5.26 Å². The highest BCUT2D eigenvalue weighted by atomic mass is 16.1.